The molecule has 4 N–H and O–H groups in total. The number of aliphatic hydroxyl groups is 3. The van der Waals surface area contributed by atoms with Crippen LogP contribution in [0.2, 0.25) is 0 Å². The first-order valence-electron chi connectivity index (χ1n) is 26.0. The van der Waals surface area contributed by atoms with E-state index in [9.17, 15) is 20.1 Å². The van der Waals surface area contributed by atoms with E-state index < -0.39 is 98.0 Å². The number of carbonyl (C=O) groups is 1. The van der Waals surface area contributed by atoms with E-state index in [2.05, 4.69) is 5.32 Å². The lowest BCUT2D eigenvalue weighted by molar-refractivity contribution is -0.370. The first-order valence-corrected chi connectivity index (χ1v) is 26.0. The van der Waals surface area contributed by atoms with E-state index >= 15 is 0 Å². The molecular weight excluding hydrogens is 963 g/mol. The molecule has 0 spiro atoms. The van der Waals surface area contributed by atoms with E-state index in [1.165, 1.54) is 6.92 Å². The lowest BCUT2D eigenvalue weighted by Gasteiger charge is -2.50. The number of benzene rings is 5. The predicted octanol–water partition coefficient (Wildman–Crippen LogP) is 6.55. The summed E-state index contributed by atoms with van der Waals surface area (Å²) in [4.78, 5) is 13.4. The average Bonchev–Trinajstić information content (AvgIpc) is 3.52. The molecule has 0 saturated carbocycles. The Morgan fingerprint density at radius 1 is 0.507 bits per heavy atom. The first kappa shape index (κ1) is 56.2. The molecule has 1 amide bonds. The van der Waals surface area contributed by atoms with Gasteiger partial charge in [0.15, 0.2) is 18.9 Å². The smallest absolute Gasteiger partial charge is 0.217 e. The van der Waals surface area contributed by atoms with Crippen LogP contribution < -0.4 is 5.32 Å². The second-order valence-corrected chi connectivity index (χ2v) is 19.2. The van der Waals surface area contributed by atoms with Gasteiger partial charge in [0, 0.05) is 20.0 Å². The van der Waals surface area contributed by atoms with Crippen LogP contribution in [0, 0.1) is 0 Å². The summed E-state index contributed by atoms with van der Waals surface area (Å²) in [5.41, 5.74) is 4.57. The highest BCUT2D eigenvalue weighted by Gasteiger charge is 2.55. The highest BCUT2D eigenvalue weighted by atomic mass is 16.8. The zero-order valence-electron chi connectivity index (χ0n) is 42.9. The summed E-state index contributed by atoms with van der Waals surface area (Å²) in [6, 6.07) is 47.4. The van der Waals surface area contributed by atoms with Gasteiger partial charge in [-0.1, -0.05) is 159 Å². The fourth-order valence-electron chi connectivity index (χ4n) is 9.50. The topological polar surface area (TPSA) is 191 Å². The zero-order chi connectivity index (χ0) is 52.4. The van der Waals surface area contributed by atoms with Crippen LogP contribution in [-0.2, 0) is 89.9 Å². The summed E-state index contributed by atoms with van der Waals surface area (Å²) >= 11 is 0. The standard InChI is InChI=1S/C59H73NO15/c1-4-30-67-58-50(60-40(3)61)54(53(49(73-58)38-66-33-42-22-12-6-13-23-42)74-57-47(63)31-46(62)51(64)48(72-57)37-65-32-41-20-10-5-11-21-41)75-59-56(70-36-45-28-18-9-19-29-45)55(69-35-44-26-16-8-17-27-44)52(39(2)71-59)68-34-43-24-14-7-15-25-43/h5-29,39,46-59,62-64H,4,30-38H2,1-3H3,(H,60,61)/t39?,46?,47?,48?,49?,50?,51-,52-,53-,54?,55?,56?,57+,58-,59+/m1/s1. The summed E-state index contributed by atoms with van der Waals surface area (Å²) in [6.07, 6.45) is -15.6. The van der Waals surface area contributed by atoms with E-state index in [0.29, 0.717) is 6.42 Å². The number of aliphatic hydroxyl groups excluding tert-OH is 3. The number of ether oxygens (including phenoxy) is 11. The lowest BCUT2D eigenvalue weighted by atomic mass is 9.94. The molecule has 3 fully saturated rings. The van der Waals surface area contributed by atoms with E-state index in [0.717, 1.165) is 27.8 Å². The van der Waals surface area contributed by atoms with Gasteiger partial charge in [-0.2, -0.15) is 0 Å². The molecule has 3 saturated heterocycles. The number of hydrogen-bond donors (Lipinski definition) is 4. The Kier molecular flexibility index (Phi) is 21.7. The predicted molar refractivity (Wildman–Crippen MR) is 275 cm³/mol. The normalized spacial score (nSPS) is 30.1. The number of rotatable bonds is 25. The minimum absolute atomic E-state index is 0.0794. The van der Waals surface area contributed by atoms with Gasteiger partial charge in [-0.05, 0) is 41.2 Å². The van der Waals surface area contributed by atoms with E-state index in [1.54, 1.807) is 0 Å². The molecule has 0 aromatic heterocycles. The highest BCUT2D eigenvalue weighted by molar-refractivity contribution is 5.73. The largest absolute Gasteiger partial charge is 0.390 e. The molecule has 5 aromatic rings. The van der Waals surface area contributed by atoms with Gasteiger partial charge >= 0.3 is 0 Å². The van der Waals surface area contributed by atoms with Gasteiger partial charge in [-0.3, -0.25) is 4.79 Å². The van der Waals surface area contributed by atoms with Gasteiger partial charge < -0.3 is 72.7 Å². The van der Waals surface area contributed by atoms with Gasteiger partial charge in [-0.25, -0.2) is 0 Å². The van der Waals surface area contributed by atoms with Crippen molar-refractivity contribution in [3.8, 4) is 0 Å². The Morgan fingerprint density at radius 3 is 1.44 bits per heavy atom. The van der Waals surface area contributed by atoms with Crippen LogP contribution in [0.4, 0.5) is 0 Å². The van der Waals surface area contributed by atoms with Crippen molar-refractivity contribution in [2.75, 3.05) is 19.8 Å². The zero-order valence-corrected chi connectivity index (χ0v) is 42.9. The van der Waals surface area contributed by atoms with Crippen LogP contribution in [0.25, 0.3) is 0 Å². The SMILES string of the molecule is CCCO[C@@H]1OC(COCc2ccccc2)[C@@H](O[C@@H]2OC(COCc3ccccc3)[C@H](O)C(O)CC2O)C(O[C@@H]2OC(C)[C@@H](OCc3ccccc3)C(OCc3ccccc3)C2OCc2ccccc2)C1NC(C)=O. The number of hydrogen-bond acceptors (Lipinski definition) is 15. The fourth-order valence-corrected chi connectivity index (χ4v) is 9.50. The second-order valence-electron chi connectivity index (χ2n) is 19.2. The summed E-state index contributed by atoms with van der Waals surface area (Å²) in [5, 5.41) is 37.5. The molecule has 404 valence electrons. The molecule has 8 rings (SSSR count). The summed E-state index contributed by atoms with van der Waals surface area (Å²) in [5.74, 6) is -0.416. The molecule has 15 atom stereocenters. The molecule has 9 unspecified atom stereocenters. The minimum atomic E-state index is -1.50. The molecule has 16 nitrogen and oxygen atoms in total. The second kappa shape index (κ2) is 28.9. The van der Waals surface area contributed by atoms with Gasteiger partial charge in [0.25, 0.3) is 0 Å². The van der Waals surface area contributed by atoms with Gasteiger partial charge in [0.05, 0.1) is 58.5 Å². The number of amides is 1. The van der Waals surface area contributed by atoms with Crippen molar-refractivity contribution in [2.24, 2.45) is 0 Å². The van der Waals surface area contributed by atoms with Crippen molar-refractivity contribution in [1.82, 2.24) is 5.32 Å². The van der Waals surface area contributed by atoms with Crippen LogP contribution in [0.15, 0.2) is 152 Å². The summed E-state index contributed by atoms with van der Waals surface area (Å²) in [6.45, 7) is 6.27. The van der Waals surface area contributed by atoms with E-state index in [4.69, 9.17) is 52.1 Å². The van der Waals surface area contributed by atoms with Crippen molar-refractivity contribution in [2.45, 2.75) is 159 Å². The Bertz CT molecular complexity index is 2380. The van der Waals surface area contributed by atoms with Crippen molar-refractivity contribution in [1.29, 1.82) is 0 Å². The molecule has 0 bridgehead atoms. The molecule has 0 aliphatic carbocycles. The third kappa shape index (κ3) is 16.3. The minimum Gasteiger partial charge on any atom is -0.390 e. The van der Waals surface area contributed by atoms with E-state index in [-0.39, 0.29) is 59.3 Å². The van der Waals surface area contributed by atoms with Gasteiger partial charge in [0.2, 0.25) is 5.91 Å². The Labute approximate surface area is 440 Å². The molecule has 16 heteroatoms. The van der Waals surface area contributed by atoms with Crippen molar-refractivity contribution < 1.29 is 72.2 Å². The number of carbonyl (C=O) groups excluding carboxylic acids is 1. The van der Waals surface area contributed by atoms with Crippen LogP contribution in [0.3, 0.4) is 0 Å². The van der Waals surface area contributed by atoms with Crippen molar-refractivity contribution >= 4 is 5.91 Å². The van der Waals surface area contributed by atoms with Crippen LogP contribution in [0.5, 0.6) is 0 Å². The Balaban J connectivity index is 1.17. The molecule has 5 aromatic carbocycles. The number of nitrogens with one attached hydrogen (secondary N) is 1. The molecule has 75 heavy (non-hydrogen) atoms. The van der Waals surface area contributed by atoms with Crippen LogP contribution in [-0.4, -0.2) is 133 Å². The third-order valence-electron chi connectivity index (χ3n) is 13.3. The monoisotopic (exact) mass is 1040 g/mol. The first-order chi connectivity index (χ1) is 36.6. The van der Waals surface area contributed by atoms with Gasteiger partial charge in [0.1, 0.15) is 61.0 Å². The third-order valence-corrected chi connectivity index (χ3v) is 13.3. The molecule has 3 aliphatic heterocycles. The fraction of sp³-hybridized carbons (Fsp3) is 0.475. The maximum atomic E-state index is 13.4. The summed E-state index contributed by atoms with van der Waals surface area (Å²) in [7, 11) is 0. The molecule has 3 heterocycles. The lowest BCUT2D eigenvalue weighted by Crippen LogP contribution is -2.69. The average molecular weight is 1040 g/mol. The molecular formula is C59H73NO15. The quantitative estimate of drug-likeness (QED) is 0.0492. The molecule has 0 radical (unpaired) electrons. The van der Waals surface area contributed by atoms with Crippen molar-refractivity contribution in [3.63, 3.8) is 0 Å². The maximum Gasteiger partial charge on any atom is 0.217 e. The van der Waals surface area contributed by atoms with Crippen molar-refractivity contribution in [3.05, 3.63) is 179 Å². The van der Waals surface area contributed by atoms with Crippen LogP contribution >= 0.6 is 0 Å². The Hall–Kier alpha value is -4.99. The van der Waals surface area contributed by atoms with E-state index in [1.807, 2.05) is 166 Å². The van der Waals surface area contributed by atoms with Gasteiger partial charge in [-0.15, -0.1) is 0 Å². The molecule has 3 aliphatic rings. The summed E-state index contributed by atoms with van der Waals surface area (Å²) < 4.78 is 73.8. The highest BCUT2D eigenvalue weighted by Crippen LogP contribution is 2.37. The maximum absolute atomic E-state index is 13.4. The Morgan fingerprint density at radius 2 is 0.947 bits per heavy atom. The van der Waals surface area contributed by atoms with Crippen LogP contribution in [0.1, 0.15) is 61.4 Å².